The lowest BCUT2D eigenvalue weighted by Gasteiger charge is -2.21. The van der Waals surface area contributed by atoms with Crippen LogP contribution in [0.5, 0.6) is 0 Å². The highest BCUT2D eigenvalue weighted by Crippen LogP contribution is 2.27. The Labute approximate surface area is 119 Å². The van der Waals surface area contributed by atoms with E-state index in [9.17, 15) is 0 Å². The molecule has 1 heterocycles. The average molecular weight is 276 g/mol. The van der Waals surface area contributed by atoms with Crippen LogP contribution in [0.1, 0.15) is 31.2 Å². The van der Waals surface area contributed by atoms with Crippen molar-refractivity contribution in [2.45, 2.75) is 26.7 Å². The van der Waals surface area contributed by atoms with E-state index in [1.807, 2.05) is 24.1 Å². The van der Waals surface area contributed by atoms with Crippen LogP contribution in [0.3, 0.4) is 0 Å². The molecular formula is C15H18ClN3. The van der Waals surface area contributed by atoms with E-state index in [2.05, 4.69) is 42.9 Å². The summed E-state index contributed by atoms with van der Waals surface area (Å²) in [7, 11) is 1.99. The molecule has 2 aromatic rings. The first-order valence-electron chi connectivity index (χ1n) is 6.33. The van der Waals surface area contributed by atoms with Crippen molar-refractivity contribution in [1.29, 1.82) is 0 Å². The fourth-order valence-electron chi connectivity index (χ4n) is 1.92. The molecule has 0 saturated heterocycles. The van der Waals surface area contributed by atoms with Crippen molar-refractivity contribution in [3.63, 3.8) is 0 Å². The van der Waals surface area contributed by atoms with Gasteiger partial charge in [0, 0.05) is 24.7 Å². The third kappa shape index (κ3) is 3.04. The first-order valence-corrected chi connectivity index (χ1v) is 6.70. The summed E-state index contributed by atoms with van der Waals surface area (Å²) < 4.78 is 0. The summed E-state index contributed by atoms with van der Waals surface area (Å²) in [6.07, 6.45) is 0. The Bertz CT molecular complexity index is 581. The quantitative estimate of drug-likeness (QED) is 0.781. The Balaban J connectivity index is 2.44. The molecule has 0 N–H and O–H groups in total. The van der Waals surface area contributed by atoms with Gasteiger partial charge in [-0.1, -0.05) is 43.6 Å². The number of halogens is 1. The van der Waals surface area contributed by atoms with E-state index in [0.717, 1.165) is 17.3 Å². The standard InChI is InChI=1S/C15H18ClN3/c1-10(2)15-17-13(16)9-14(18-15)19(4)12-8-6-5-7-11(12)3/h5-10H,1-4H3. The summed E-state index contributed by atoms with van der Waals surface area (Å²) in [5.41, 5.74) is 2.32. The molecule has 19 heavy (non-hydrogen) atoms. The van der Waals surface area contributed by atoms with E-state index < -0.39 is 0 Å². The maximum atomic E-state index is 6.09. The molecule has 0 unspecified atom stereocenters. The van der Waals surface area contributed by atoms with E-state index in [0.29, 0.717) is 5.15 Å². The zero-order chi connectivity index (χ0) is 14.0. The van der Waals surface area contributed by atoms with Crippen LogP contribution in [0.15, 0.2) is 30.3 Å². The number of aromatic nitrogens is 2. The minimum absolute atomic E-state index is 0.253. The number of nitrogens with zero attached hydrogens (tertiary/aromatic N) is 3. The van der Waals surface area contributed by atoms with E-state index in [-0.39, 0.29) is 5.92 Å². The molecule has 3 nitrogen and oxygen atoms in total. The largest absolute Gasteiger partial charge is 0.329 e. The Morgan fingerprint density at radius 2 is 1.84 bits per heavy atom. The van der Waals surface area contributed by atoms with Gasteiger partial charge in [-0.25, -0.2) is 9.97 Å². The topological polar surface area (TPSA) is 29.0 Å². The number of anilines is 2. The van der Waals surface area contributed by atoms with Crippen LogP contribution in [-0.2, 0) is 0 Å². The molecule has 0 fully saturated rings. The van der Waals surface area contributed by atoms with Crippen molar-refractivity contribution < 1.29 is 0 Å². The smallest absolute Gasteiger partial charge is 0.137 e. The zero-order valence-electron chi connectivity index (χ0n) is 11.7. The molecule has 0 bridgehead atoms. The van der Waals surface area contributed by atoms with Gasteiger partial charge in [0.15, 0.2) is 0 Å². The van der Waals surface area contributed by atoms with Crippen molar-refractivity contribution in [3.05, 3.63) is 46.9 Å². The second kappa shape index (κ2) is 5.57. The second-order valence-corrected chi connectivity index (χ2v) is 5.29. The minimum Gasteiger partial charge on any atom is -0.329 e. The lowest BCUT2D eigenvalue weighted by molar-refractivity contribution is 0.772. The van der Waals surface area contributed by atoms with Crippen LogP contribution >= 0.6 is 11.6 Å². The maximum absolute atomic E-state index is 6.09. The van der Waals surface area contributed by atoms with Crippen molar-refractivity contribution in [1.82, 2.24) is 9.97 Å². The molecule has 4 heteroatoms. The highest BCUT2D eigenvalue weighted by Gasteiger charge is 2.12. The lowest BCUT2D eigenvalue weighted by atomic mass is 10.2. The summed E-state index contributed by atoms with van der Waals surface area (Å²) in [5.74, 6) is 1.84. The molecule has 0 spiro atoms. The fourth-order valence-corrected chi connectivity index (χ4v) is 2.10. The minimum atomic E-state index is 0.253. The molecule has 0 aliphatic heterocycles. The third-order valence-electron chi connectivity index (χ3n) is 3.04. The average Bonchev–Trinajstić information content (AvgIpc) is 2.37. The molecular weight excluding hydrogens is 258 g/mol. The first-order chi connectivity index (χ1) is 8.99. The van der Waals surface area contributed by atoms with Gasteiger partial charge in [0.2, 0.25) is 0 Å². The molecule has 1 aromatic heterocycles. The monoisotopic (exact) mass is 275 g/mol. The Kier molecular flexibility index (Phi) is 4.05. The van der Waals surface area contributed by atoms with Gasteiger partial charge in [0.05, 0.1) is 0 Å². The van der Waals surface area contributed by atoms with Crippen molar-refractivity contribution in [2.24, 2.45) is 0 Å². The van der Waals surface area contributed by atoms with Crippen LogP contribution < -0.4 is 4.90 Å². The Hall–Kier alpha value is -1.61. The van der Waals surface area contributed by atoms with E-state index >= 15 is 0 Å². The van der Waals surface area contributed by atoms with Gasteiger partial charge in [-0.3, -0.25) is 0 Å². The number of hydrogen-bond acceptors (Lipinski definition) is 3. The van der Waals surface area contributed by atoms with Gasteiger partial charge in [0.25, 0.3) is 0 Å². The van der Waals surface area contributed by atoms with Crippen LogP contribution in [-0.4, -0.2) is 17.0 Å². The predicted molar refractivity (Wildman–Crippen MR) is 80.4 cm³/mol. The number of aryl methyl sites for hydroxylation is 1. The molecule has 0 saturated carbocycles. The summed E-state index contributed by atoms with van der Waals surface area (Å²) in [6, 6.07) is 9.99. The van der Waals surface area contributed by atoms with Gasteiger partial charge >= 0.3 is 0 Å². The molecule has 2 rings (SSSR count). The number of hydrogen-bond donors (Lipinski definition) is 0. The van der Waals surface area contributed by atoms with Gasteiger partial charge in [-0.05, 0) is 18.6 Å². The molecule has 0 radical (unpaired) electrons. The van der Waals surface area contributed by atoms with Crippen LogP contribution in [0.4, 0.5) is 11.5 Å². The van der Waals surface area contributed by atoms with E-state index in [4.69, 9.17) is 11.6 Å². The SMILES string of the molecule is Cc1ccccc1N(C)c1cc(Cl)nc(C(C)C)n1. The summed E-state index contributed by atoms with van der Waals surface area (Å²) in [6.45, 7) is 6.20. The van der Waals surface area contributed by atoms with Gasteiger partial charge in [-0.2, -0.15) is 0 Å². The molecule has 0 atom stereocenters. The second-order valence-electron chi connectivity index (χ2n) is 4.91. The fraction of sp³-hybridized carbons (Fsp3) is 0.333. The highest BCUT2D eigenvalue weighted by molar-refractivity contribution is 6.29. The summed E-state index contributed by atoms with van der Waals surface area (Å²) >= 11 is 6.09. The van der Waals surface area contributed by atoms with Crippen LogP contribution in [0.25, 0.3) is 0 Å². The van der Waals surface area contributed by atoms with Crippen molar-refractivity contribution in [3.8, 4) is 0 Å². The predicted octanol–water partition coefficient (Wildman–Crippen LogP) is 4.33. The summed E-state index contributed by atoms with van der Waals surface area (Å²) in [4.78, 5) is 10.9. The molecule has 100 valence electrons. The number of benzene rings is 1. The van der Waals surface area contributed by atoms with Gasteiger partial charge < -0.3 is 4.90 Å². The number of para-hydroxylation sites is 1. The summed E-state index contributed by atoms with van der Waals surface area (Å²) in [5, 5.41) is 0.481. The number of rotatable bonds is 3. The Morgan fingerprint density at radius 3 is 2.47 bits per heavy atom. The Morgan fingerprint density at radius 1 is 1.16 bits per heavy atom. The molecule has 1 aromatic carbocycles. The van der Waals surface area contributed by atoms with Crippen molar-refractivity contribution in [2.75, 3.05) is 11.9 Å². The third-order valence-corrected chi connectivity index (χ3v) is 3.23. The van der Waals surface area contributed by atoms with Crippen molar-refractivity contribution >= 4 is 23.1 Å². The maximum Gasteiger partial charge on any atom is 0.137 e. The first kappa shape index (κ1) is 13.8. The van der Waals surface area contributed by atoms with E-state index in [1.54, 1.807) is 6.07 Å². The van der Waals surface area contributed by atoms with Crippen LogP contribution in [0, 0.1) is 6.92 Å². The van der Waals surface area contributed by atoms with Gasteiger partial charge in [-0.15, -0.1) is 0 Å². The lowest BCUT2D eigenvalue weighted by Crippen LogP contribution is -2.14. The zero-order valence-corrected chi connectivity index (χ0v) is 12.4. The highest BCUT2D eigenvalue weighted by atomic mass is 35.5. The van der Waals surface area contributed by atoms with Gasteiger partial charge in [0.1, 0.15) is 16.8 Å². The van der Waals surface area contributed by atoms with Crippen LogP contribution in [0.2, 0.25) is 5.15 Å². The molecule has 0 aliphatic rings. The molecule has 0 amide bonds. The van der Waals surface area contributed by atoms with E-state index in [1.165, 1.54) is 5.56 Å². The normalized spacial score (nSPS) is 10.8. The molecule has 0 aliphatic carbocycles.